The number of esters is 2. The fourth-order valence-corrected chi connectivity index (χ4v) is 7.78. The molecule has 14 heteroatoms. The van der Waals surface area contributed by atoms with E-state index in [1.54, 1.807) is 67.6 Å². The molecule has 4 aromatic rings. The molecule has 2 aliphatic rings. The minimum atomic E-state index is -4.10. The third-order valence-electron chi connectivity index (χ3n) is 7.77. The van der Waals surface area contributed by atoms with Gasteiger partial charge in [-0.25, -0.2) is 19.6 Å². The van der Waals surface area contributed by atoms with Gasteiger partial charge in [0.1, 0.15) is 26.4 Å². The first-order chi connectivity index (χ1) is 22.6. The van der Waals surface area contributed by atoms with Crippen molar-refractivity contribution in [1.82, 2.24) is 0 Å². The summed E-state index contributed by atoms with van der Waals surface area (Å²) < 4.78 is 41.0. The van der Waals surface area contributed by atoms with Crippen LogP contribution in [0, 0.1) is 12.8 Å². The van der Waals surface area contributed by atoms with Gasteiger partial charge in [0.2, 0.25) is 5.91 Å². The van der Waals surface area contributed by atoms with Crippen LogP contribution in [-0.2, 0) is 34.0 Å². The number of hydrogen-bond acceptors (Lipinski definition) is 12. The van der Waals surface area contributed by atoms with Crippen molar-refractivity contribution >= 4 is 55.9 Å². The fourth-order valence-electron chi connectivity index (χ4n) is 5.62. The third kappa shape index (κ3) is 5.64. The van der Waals surface area contributed by atoms with Crippen LogP contribution in [0.2, 0.25) is 0 Å². The molecule has 3 atom stereocenters. The van der Waals surface area contributed by atoms with E-state index in [0.29, 0.717) is 11.3 Å². The maximum atomic E-state index is 14.3. The molecule has 2 fully saturated rings. The van der Waals surface area contributed by atoms with Gasteiger partial charge in [0.15, 0.2) is 6.10 Å². The number of imide groups is 1. The fraction of sp³-hybridized carbons (Fsp3) is 0.212. The highest BCUT2D eigenvalue weighted by Crippen LogP contribution is 2.50. The highest BCUT2D eigenvalue weighted by Gasteiger charge is 2.61. The Balaban J connectivity index is 1.38. The van der Waals surface area contributed by atoms with Crippen LogP contribution in [0.4, 0.5) is 10.7 Å². The van der Waals surface area contributed by atoms with Crippen molar-refractivity contribution < 1.29 is 46.1 Å². The molecule has 0 unspecified atom stereocenters. The molecule has 0 bridgehead atoms. The highest BCUT2D eigenvalue weighted by atomic mass is 32.2. The Labute approximate surface area is 274 Å². The Kier molecular flexibility index (Phi) is 8.57. The van der Waals surface area contributed by atoms with Crippen LogP contribution in [0.1, 0.15) is 44.1 Å². The SMILES string of the molecule is CCOC(=O)c1sc(N2C(=O)[C@@H]3[C@@H](c4ccc(OS(=O)(=O)c5ccccc5)cc4)N(c4ccccc4)O[C@H]3C2=O)c(C(=O)OC)c1C. The van der Waals surface area contributed by atoms with Gasteiger partial charge in [0.05, 0.1) is 31.0 Å². The van der Waals surface area contributed by atoms with E-state index in [1.807, 2.05) is 0 Å². The molecule has 0 spiro atoms. The van der Waals surface area contributed by atoms with Crippen LogP contribution in [0.3, 0.4) is 0 Å². The van der Waals surface area contributed by atoms with Crippen molar-refractivity contribution in [1.29, 1.82) is 0 Å². The zero-order chi connectivity index (χ0) is 33.5. The molecule has 0 saturated carbocycles. The average Bonchev–Trinajstić information content (AvgIpc) is 3.71. The summed E-state index contributed by atoms with van der Waals surface area (Å²) in [5.74, 6) is -3.95. The van der Waals surface area contributed by atoms with E-state index in [2.05, 4.69) is 0 Å². The summed E-state index contributed by atoms with van der Waals surface area (Å²) in [7, 11) is -2.94. The maximum absolute atomic E-state index is 14.3. The Morgan fingerprint density at radius 3 is 2.15 bits per heavy atom. The van der Waals surface area contributed by atoms with Gasteiger partial charge in [-0.05, 0) is 61.4 Å². The normalized spacial score (nSPS) is 19.1. The van der Waals surface area contributed by atoms with Crippen LogP contribution < -0.4 is 14.1 Å². The summed E-state index contributed by atoms with van der Waals surface area (Å²) in [6.45, 7) is 3.23. The Hall–Kier alpha value is -5.05. The molecule has 47 heavy (non-hydrogen) atoms. The van der Waals surface area contributed by atoms with Crippen molar-refractivity contribution in [3.63, 3.8) is 0 Å². The Morgan fingerprint density at radius 1 is 0.894 bits per heavy atom. The summed E-state index contributed by atoms with van der Waals surface area (Å²) in [6.07, 6.45) is -1.28. The minimum Gasteiger partial charge on any atom is -0.465 e. The quantitative estimate of drug-likeness (QED) is 0.136. The van der Waals surface area contributed by atoms with Gasteiger partial charge in [-0.2, -0.15) is 8.42 Å². The smallest absolute Gasteiger partial charge is 0.348 e. The van der Waals surface area contributed by atoms with E-state index >= 15 is 0 Å². The van der Waals surface area contributed by atoms with Crippen molar-refractivity contribution in [2.24, 2.45) is 5.92 Å². The molecule has 242 valence electrons. The number of hydrogen-bond donors (Lipinski definition) is 0. The van der Waals surface area contributed by atoms with Gasteiger partial charge in [-0.1, -0.05) is 48.5 Å². The summed E-state index contributed by atoms with van der Waals surface area (Å²) in [5.41, 5.74) is 1.21. The molecule has 2 aliphatic heterocycles. The molecule has 0 radical (unpaired) electrons. The number of benzene rings is 3. The van der Waals surface area contributed by atoms with Crippen molar-refractivity contribution in [3.05, 3.63) is 106 Å². The van der Waals surface area contributed by atoms with Gasteiger partial charge in [0, 0.05) is 0 Å². The average molecular weight is 677 g/mol. The number of anilines is 2. The molecule has 6 rings (SSSR count). The molecule has 3 heterocycles. The minimum absolute atomic E-state index is 0.0113. The van der Waals surface area contributed by atoms with Crippen LogP contribution >= 0.6 is 11.3 Å². The highest BCUT2D eigenvalue weighted by molar-refractivity contribution is 7.87. The van der Waals surface area contributed by atoms with Gasteiger partial charge >= 0.3 is 22.1 Å². The second kappa shape index (κ2) is 12.6. The first kappa shape index (κ1) is 31.9. The molecule has 2 amide bonds. The van der Waals surface area contributed by atoms with Crippen molar-refractivity contribution in [3.8, 4) is 5.75 Å². The lowest BCUT2D eigenvalue weighted by atomic mass is 9.90. The summed E-state index contributed by atoms with van der Waals surface area (Å²) in [4.78, 5) is 61.0. The Bertz CT molecular complexity index is 1960. The van der Waals surface area contributed by atoms with Crippen molar-refractivity contribution in [2.45, 2.75) is 30.9 Å². The van der Waals surface area contributed by atoms with Crippen LogP contribution in [-0.4, -0.2) is 52.0 Å². The largest absolute Gasteiger partial charge is 0.465 e. The van der Waals surface area contributed by atoms with E-state index in [4.69, 9.17) is 18.5 Å². The number of carbonyl (C=O) groups is 4. The van der Waals surface area contributed by atoms with Crippen LogP contribution in [0.5, 0.6) is 5.75 Å². The maximum Gasteiger partial charge on any atom is 0.348 e. The number of nitrogens with zero attached hydrogens (tertiary/aromatic N) is 2. The van der Waals surface area contributed by atoms with E-state index in [-0.39, 0.29) is 38.3 Å². The molecule has 0 N–H and O–H groups in total. The lowest BCUT2D eigenvalue weighted by Crippen LogP contribution is -2.37. The topological polar surface area (TPSA) is 146 Å². The van der Waals surface area contributed by atoms with E-state index in [1.165, 1.54) is 36.3 Å². The van der Waals surface area contributed by atoms with Crippen molar-refractivity contribution in [2.75, 3.05) is 23.7 Å². The molecule has 0 aliphatic carbocycles. The summed E-state index contributed by atoms with van der Waals surface area (Å²) >= 11 is 0.787. The number of rotatable bonds is 9. The van der Waals surface area contributed by atoms with Gasteiger partial charge in [0.25, 0.3) is 5.91 Å². The van der Waals surface area contributed by atoms with E-state index in [9.17, 15) is 27.6 Å². The van der Waals surface area contributed by atoms with E-state index in [0.717, 1.165) is 23.3 Å². The molecular formula is C33H28N2O10S2. The predicted molar refractivity (Wildman–Crippen MR) is 170 cm³/mol. The number of fused-ring (bicyclic) bond motifs is 1. The number of methoxy groups -OCH3 is 1. The zero-order valence-electron chi connectivity index (χ0n) is 25.3. The number of carbonyl (C=O) groups excluding carboxylic acids is 4. The molecular weight excluding hydrogens is 649 g/mol. The summed E-state index contributed by atoms with van der Waals surface area (Å²) in [5, 5.41) is 1.41. The van der Waals surface area contributed by atoms with E-state index < -0.39 is 51.9 Å². The number of ether oxygens (including phenoxy) is 2. The second-order valence-electron chi connectivity index (χ2n) is 10.5. The predicted octanol–water partition coefficient (Wildman–Crippen LogP) is 4.84. The third-order valence-corrected chi connectivity index (χ3v) is 10.3. The Morgan fingerprint density at radius 2 is 1.53 bits per heavy atom. The van der Waals surface area contributed by atoms with Crippen LogP contribution in [0.25, 0.3) is 0 Å². The summed E-state index contributed by atoms with van der Waals surface area (Å²) in [6, 6.07) is 21.8. The standard InChI is InChI=1S/C33H28N2O10S2/c1-4-43-33(39)28-19(2)24(32(38)42-3)31(46-28)34-29(36)25-26(35(44-27(25)30(34)37)21-11-7-5-8-12-21)20-15-17-22(18-16-20)45-47(40,41)23-13-9-6-10-14-23/h5-18,25-27H,4H2,1-3H3/t25-,26-,27-/m1/s1. The molecule has 12 nitrogen and oxygen atoms in total. The van der Waals surface area contributed by atoms with Gasteiger partial charge < -0.3 is 13.7 Å². The van der Waals surface area contributed by atoms with Gasteiger partial charge in [-0.3, -0.25) is 14.4 Å². The first-order valence-corrected chi connectivity index (χ1v) is 16.7. The van der Waals surface area contributed by atoms with Crippen LogP contribution in [0.15, 0.2) is 89.8 Å². The zero-order valence-corrected chi connectivity index (χ0v) is 26.9. The second-order valence-corrected chi connectivity index (χ2v) is 13.1. The molecule has 1 aromatic heterocycles. The monoisotopic (exact) mass is 676 g/mol. The number of hydroxylamine groups is 1. The number of amides is 2. The molecule has 2 saturated heterocycles. The molecule has 3 aromatic carbocycles. The first-order valence-electron chi connectivity index (χ1n) is 14.4. The lowest BCUT2D eigenvalue weighted by Gasteiger charge is -2.28. The number of thiophene rings is 1. The number of para-hydroxylation sites is 1. The van der Waals surface area contributed by atoms with Gasteiger partial charge in [-0.15, -0.1) is 11.3 Å². The lowest BCUT2D eigenvalue weighted by molar-refractivity contribution is -0.126.